The fourth-order valence-corrected chi connectivity index (χ4v) is 7.51. The zero-order chi connectivity index (χ0) is 47.2. The molecule has 0 saturated carbocycles. The molecule has 0 radical (unpaired) electrons. The van der Waals surface area contributed by atoms with Crippen LogP contribution >= 0.6 is 0 Å². The lowest BCUT2D eigenvalue weighted by molar-refractivity contribution is -0.167. The van der Waals surface area contributed by atoms with Crippen molar-refractivity contribution in [2.45, 2.75) is 271 Å². The van der Waals surface area contributed by atoms with Crippen molar-refractivity contribution in [1.29, 1.82) is 0 Å². The summed E-state index contributed by atoms with van der Waals surface area (Å²) in [5.41, 5.74) is 0. The Kier molecular flexibility index (Phi) is 50.9. The van der Waals surface area contributed by atoms with Crippen LogP contribution in [0.15, 0.2) is 72.9 Å². The number of hydrogen-bond acceptors (Lipinski definition) is 6. The molecule has 0 aromatic heterocycles. The van der Waals surface area contributed by atoms with E-state index >= 15 is 0 Å². The standard InChI is InChI=1S/C59H102O6/c1-4-7-10-13-16-19-22-24-26-28-29-31-32-34-37-40-43-46-49-52-58(61)64-55-56(54-63-57(60)51-48-45-42-39-36-21-18-15-12-9-6-3)65-59(62)53-50-47-44-41-38-35-33-30-27-25-23-20-17-14-11-8-5-2/h16-17,19-20,24-27,29,31,34,37,56H,4-15,18,21-23,28,30,32-33,35-36,38-55H2,1-3H3/b19-16-,20-17-,26-24-,27-25-,31-29-,37-34-/t56-/m0/s1. The maximum absolute atomic E-state index is 12.8. The minimum absolute atomic E-state index is 0.0874. The fraction of sp³-hybridized carbons (Fsp3) is 0.746. The number of ether oxygens (including phenoxy) is 3. The van der Waals surface area contributed by atoms with Gasteiger partial charge in [0, 0.05) is 19.3 Å². The molecule has 6 nitrogen and oxygen atoms in total. The molecule has 0 amide bonds. The highest BCUT2D eigenvalue weighted by Gasteiger charge is 2.19. The van der Waals surface area contributed by atoms with Crippen molar-refractivity contribution in [2.24, 2.45) is 0 Å². The largest absolute Gasteiger partial charge is 0.462 e. The molecular weight excluding hydrogens is 805 g/mol. The van der Waals surface area contributed by atoms with Gasteiger partial charge in [-0.1, -0.05) is 222 Å². The van der Waals surface area contributed by atoms with E-state index in [4.69, 9.17) is 14.2 Å². The third-order valence-electron chi connectivity index (χ3n) is 11.7. The Morgan fingerprint density at radius 2 is 0.554 bits per heavy atom. The highest BCUT2D eigenvalue weighted by molar-refractivity contribution is 5.71. The van der Waals surface area contributed by atoms with Gasteiger partial charge in [0.1, 0.15) is 13.2 Å². The predicted octanol–water partition coefficient (Wildman–Crippen LogP) is 18.2. The fourth-order valence-electron chi connectivity index (χ4n) is 7.51. The summed E-state index contributed by atoms with van der Waals surface area (Å²) in [6.07, 6.45) is 67.4. The molecule has 0 aliphatic heterocycles. The lowest BCUT2D eigenvalue weighted by atomic mass is 10.1. The molecule has 0 saturated heterocycles. The molecule has 0 unspecified atom stereocenters. The van der Waals surface area contributed by atoms with Gasteiger partial charge in [-0.3, -0.25) is 14.4 Å². The highest BCUT2D eigenvalue weighted by atomic mass is 16.6. The van der Waals surface area contributed by atoms with Crippen LogP contribution in [0.4, 0.5) is 0 Å². The minimum atomic E-state index is -0.791. The maximum atomic E-state index is 12.8. The summed E-state index contributed by atoms with van der Waals surface area (Å²) in [4.78, 5) is 38.0. The predicted molar refractivity (Wildman–Crippen MR) is 279 cm³/mol. The van der Waals surface area contributed by atoms with E-state index in [9.17, 15) is 14.4 Å². The molecule has 374 valence electrons. The van der Waals surface area contributed by atoms with Crippen LogP contribution in [0.25, 0.3) is 0 Å². The van der Waals surface area contributed by atoms with Gasteiger partial charge in [0.25, 0.3) is 0 Å². The Hall–Kier alpha value is -3.15. The van der Waals surface area contributed by atoms with Crippen LogP contribution in [0.2, 0.25) is 0 Å². The monoisotopic (exact) mass is 907 g/mol. The number of unbranched alkanes of at least 4 members (excludes halogenated alkanes) is 26. The van der Waals surface area contributed by atoms with Gasteiger partial charge in [0.2, 0.25) is 0 Å². The Balaban J connectivity index is 4.42. The van der Waals surface area contributed by atoms with Gasteiger partial charge in [-0.2, -0.15) is 0 Å². The zero-order valence-electron chi connectivity index (χ0n) is 42.7. The van der Waals surface area contributed by atoms with Crippen molar-refractivity contribution < 1.29 is 28.6 Å². The van der Waals surface area contributed by atoms with Crippen LogP contribution in [0.5, 0.6) is 0 Å². The van der Waals surface area contributed by atoms with Crippen molar-refractivity contribution in [1.82, 2.24) is 0 Å². The number of rotatable bonds is 49. The van der Waals surface area contributed by atoms with Crippen LogP contribution in [0.3, 0.4) is 0 Å². The van der Waals surface area contributed by atoms with Gasteiger partial charge < -0.3 is 14.2 Å². The second-order valence-electron chi connectivity index (χ2n) is 18.1. The van der Waals surface area contributed by atoms with E-state index in [1.165, 1.54) is 128 Å². The van der Waals surface area contributed by atoms with E-state index in [1.54, 1.807) is 0 Å². The van der Waals surface area contributed by atoms with E-state index in [0.717, 1.165) is 96.3 Å². The van der Waals surface area contributed by atoms with Crippen molar-refractivity contribution >= 4 is 17.9 Å². The van der Waals surface area contributed by atoms with Crippen molar-refractivity contribution in [3.8, 4) is 0 Å². The highest BCUT2D eigenvalue weighted by Crippen LogP contribution is 2.15. The van der Waals surface area contributed by atoms with Gasteiger partial charge in [-0.15, -0.1) is 0 Å². The number of esters is 3. The first-order valence-electron chi connectivity index (χ1n) is 27.4. The summed E-state index contributed by atoms with van der Waals surface area (Å²) in [5.74, 6) is -0.923. The third kappa shape index (κ3) is 51.7. The average Bonchev–Trinajstić information content (AvgIpc) is 3.30. The van der Waals surface area contributed by atoms with Crippen molar-refractivity contribution in [3.63, 3.8) is 0 Å². The molecule has 0 rings (SSSR count). The first kappa shape index (κ1) is 61.9. The molecule has 6 heteroatoms. The second kappa shape index (κ2) is 53.5. The number of carbonyl (C=O) groups is 3. The molecule has 1 atom stereocenters. The van der Waals surface area contributed by atoms with E-state index in [2.05, 4.69) is 93.7 Å². The Morgan fingerprint density at radius 1 is 0.308 bits per heavy atom. The van der Waals surface area contributed by atoms with Crippen LogP contribution in [-0.4, -0.2) is 37.2 Å². The van der Waals surface area contributed by atoms with Crippen LogP contribution < -0.4 is 0 Å². The smallest absolute Gasteiger partial charge is 0.306 e. The third-order valence-corrected chi connectivity index (χ3v) is 11.7. The molecular formula is C59H102O6. The molecule has 0 bridgehead atoms. The molecule has 65 heavy (non-hydrogen) atoms. The number of hydrogen-bond donors (Lipinski definition) is 0. The average molecular weight is 907 g/mol. The summed E-state index contributed by atoms with van der Waals surface area (Å²) in [6, 6.07) is 0. The lowest BCUT2D eigenvalue weighted by Gasteiger charge is -2.18. The Bertz CT molecular complexity index is 1230. The normalized spacial score (nSPS) is 12.6. The summed E-state index contributed by atoms with van der Waals surface area (Å²) in [7, 11) is 0. The topological polar surface area (TPSA) is 78.9 Å². The van der Waals surface area contributed by atoms with E-state index in [0.29, 0.717) is 19.3 Å². The van der Waals surface area contributed by atoms with Gasteiger partial charge in [-0.05, 0) is 96.3 Å². The van der Waals surface area contributed by atoms with Crippen molar-refractivity contribution in [3.05, 3.63) is 72.9 Å². The van der Waals surface area contributed by atoms with Gasteiger partial charge in [0.05, 0.1) is 0 Å². The minimum Gasteiger partial charge on any atom is -0.462 e. The Labute approximate surface area is 402 Å². The van der Waals surface area contributed by atoms with Crippen LogP contribution in [0, 0.1) is 0 Å². The zero-order valence-corrected chi connectivity index (χ0v) is 42.7. The van der Waals surface area contributed by atoms with Crippen molar-refractivity contribution in [2.75, 3.05) is 13.2 Å². The van der Waals surface area contributed by atoms with E-state index < -0.39 is 6.10 Å². The van der Waals surface area contributed by atoms with Crippen LogP contribution in [-0.2, 0) is 28.6 Å². The molecule has 0 aliphatic rings. The number of carbonyl (C=O) groups excluding carboxylic acids is 3. The summed E-state index contributed by atoms with van der Waals surface area (Å²) in [5, 5.41) is 0. The molecule has 0 spiro atoms. The molecule has 0 N–H and O–H groups in total. The van der Waals surface area contributed by atoms with Crippen LogP contribution in [0.1, 0.15) is 265 Å². The first-order chi connectivity index (χ1) is 32.0. The maximum Gasteiger partial charge on any atom is 0.306 e. The number of allylic oxidation sites excluding steroid dienone is 12. The second-order valence-corrected chi connectivity index (χ2v) is 18.1. The summed E-state index contributed by atoms with van der Waals surface area (Å²) < 4.78 is 16.8. The van der Waals surface area contributed by atoms with E-state index in [-0.39, 0.29) is 31.1 Å². The molecule has 0 heterocycles. The quantitative estimate of drug-likeness (QED) is 0.0262. The lowest BCUT2D eigenvalue weighted by Crippen LogP contribution is -2.30. The Morgan fingerprint density at radius 3 is 0.908 bits per heavy atom. The van der Waals surface area contributed by atoms with Gasteiger partial charge in [-0.25, -0.2) is 0 Å². The summed E-state index contributed by atoms with van der Waals surface area (Å²) in [6.45, 7) is 6.55. The summed E-state index contributed by atoms with van der Waals surface area (Å²) >= 11 is 0. The van der Waals surface area contributed by atoms with Gasteiger partial charge in [0.15, 0.2) is 6.10 Å². The molecule has 0 aromatic carbocycles. The first-order valence-corrected chi connectivity index (χ1v) is 27.4. The van der Waals surface area contributed by atoms with E-state index in [1.807, 2.05) is 0 Å². The molecule has 0 aromatic rings. The SMILES string of the molecule is CCCCC/C=C\C/C=C\C/C=C\C/C=C\CCCCCC(=O)OC[C@H](COC(=O)CCCCCCCCCCCCC)OC(=O)CCCCCCCCC/C=C\C/C=C\CCCCC. The molecule has 0 fully saturated rings. The van der Waals surface area contributed by atoms with Gasteiger partial charge >= 0.3 is 17.9 Å². The molecule has 0 aliphatic carbocycles.